The molecule has 0 radical (unpaired) electrons. The van der Waals surface area contributed by atoms with Crippen LogP contribution in [0.2, 0.25) is 0 Å². The van der Waals surface area contributed by atoms with Crippen molar-refractivity contribution in [1.29, 1.82) is 0 Å². The SMILES string of the molecule is COCCN1CCN(c2ccc3ccc(C(=O)N4CCCCC4)cn23)CC1. The van der Waals surface area contributed by atoms with Crippen LogP contribution in [0.3, 0.4) is 0 Å². The number of rotatable bonds is 5. The highest BCUT2D eigenvalue weighted by molar-refractivity contribution is 5.94. The first-order valence-corrected chi connectivity index (χ1v) is 10.1. The normalized spacial score (nSPS) is 19.0. The fraction of sp³-hybridized carbons (Fsp3) is 0.571. The highest BCUT2D eigenvalue weighted by Gasteiger charge is 2.21. The predicted octanol–water partition coefficient (Wildman–Crippen LogP) is 2.33. The van der Waals surface area contributed by atoms with Gasteiger partial charge in [-0.1, -0.05) is 0 Å². The minimum Gasteiger partial charge on any atom is -0.383 e. The van der Waals surface area contributed by atoms with Crippen molar-refractivity contribution in [3.8, 4) is 0 Å². The van der Waals surface area contributed by atoms with E-state index < -0.39 is 0 Å². The van der Waals surface area contributed by atoms with Gasteiger partial charge in [0.2, 0.25) is 0 Å². The van der Waals surface area contributed by atoms with E-state index in [1.807, 2.05) is 17.2 Å². The molecule has 0 bridgehead atoms. The zero-order valence-electron chi connectivity index (χ0n) is 16.3. The van der Waals surface area contributed by atoms with Crippen LogP contribution < -0.4 is 4.90 Å². The molecule has 0 N–H and O–H groups in total. The van der Waals surface area contributed by atoms with E-state index in [9.17, 15) is 4.79 Å². The van der Waals surface area contributed by atoms with Crippen molar-refractivity contribution in [2.75, 3.05) is 64.4 Å². The number of nitrogens with zero attached hydrogens (tertiary/aromatic N) is 4. The third-order valence-electron chi connectivity index (χ3n) is 5.83. The van der Waals surface area contributed by atoms with E-state index in [-0.39, 0.29) is 5.91 Å². The summed E-state index contributed by atoms with van der Waals surface area (Å²) in [6.07, 6.45) is 5.51. The van der Waals surface area contributed by atoms with Crippen LogP contribution in [-0.2, 0) is 4.74 Å². The molecule has 2 aliphatic rings. The van der Waals surface area contributed by atoms with Gasteiger partial charge in [-0.2, -0.15) is 0 Å². The molecule has 0 spiro atoms. The van der Waals surface area contributed by atoms with E-state index in [0.29, 0.717) is 0 Å². The number of anilines is 1. The summed E-state index contributed by atoms with van der Waals surface area (Å²) in [5, 5.41) is 0. The Morgan fingerprint density at radius 3 is 2.44 bits per heavy atom. The molecule has 6 heteroatoms. The third-order valence-corrected chi connectivity index (χ3v) is 5.83. The Bertz CT molecular complexity index is 774. The molecule has 4 rings (SSSR count). The van der Waals surface area contributed by atoms with Gasteiger partial charge >= 0.3 is 0 Å². The number of aromatic nitrogens is 1. The number of fused-ring (bicyclic) bond motifs is 1. The lowest BCUT2D eigenvalue weighted by Crippen LogP contribution is -2.47. The Morgan fingerprint density at radius 1 is 0.963 bits per heavy atom. The van der Waals surface area contributed by atoms with Crippen LogP contribution in [0.15, 0.2) is 30.5 Å². The maximum Gasteiger partial charge on any atom is 0.255 e. The van der Waals surface area contributed by atoms with Crippen LogP contribution in [0.1, 0.15) is 29.6 Å². The van der Waals surface area contributed by atoms with Gasteiger partial charge in [0, 0.05) is 64.6 Å². The molecule has 27 heavy (non-hydrogen) atoms. The maximum atomic E-state index is 12.9. The molecular formula is C21H30N4O2. The average molecular weight is 370 g/mol. The van der Waals surface area contributed by atoms with Gasteiger partial charge in [-0.3, -0.25) is 9.69 Å². The number of ether oxygens (including phenoxy) is 1. The van der Waals surface area contributed by atoms with E-state index in [4.69, 9.17) is 4.74 Å². The monoisotopic (exact) mass is 370 g/mol. The summed E-state index contributed by atoms with van der Waals surface area (Å²) in [4.78, 5) is 19.7. The molecule has 2 aliphatic heterocycles. The Balaban J connectivity index is 1.50. The zero-order chi connectivity index (χ0) is 18.6. The second kappa shape index (κ2) is 8.31. The van der Waals surface area contributed by atoms with Crippen LogP contribution >= 0.6 is 0 Å². The first-order valence-electron chi connectivity index (χ1n) is 10.1. The second-order valence-corrected chi connectivity index (χ2v) is 7.58. The number of pyridine rings is 1. The van der Waals surface area contributed by atoms with Gasteiger partial charge in [-0.25, -0.2) is 0 Å². The minimum absolute atomic E-state index is 0.167. The zero-order valence-corrected chi connectivity index (χ0v) is 16.3. The van der Waals surface area contributed by atoms with Crippen LogP contribution in [0, 0.1) is 0 Å². The summed E-state index contributed by atoms with van der Waals surface area (Å²) in [7, 11) is 1.76. The van der Waals surface area contributed by atoms with Gasteiger partial charge < -0.3 is 18.9 Å². The maximum absolute atomic E-state index is 12.9. The van der Waals surface area contributed by atoms with E-state index in [2.05, 4.69) is 32.4 Å². The summed E-state index contributed by atoms with van der Waals surface area (Å²) in [5.41, 5.74) is 1.93. The second-order valence-electron chi connectivity index (χ2n) is 7.58. The first-order chi connectivity index (χ1) is 13.3. The largest absolute Gasteiger partial charge is 0.383 e. The molecule has 6 nitrogen and oxygen atoms in total. The number of likely N-dealkylation sites (tertiary alicyclic amines) is 1. The Kier molecular flexibility index (Phi) is 5.64. The molecule has 0 atom stereocenters. The van der Waals surface area contributed by atoms with Crippen molar-refractivity contribution >= 4 is 17.2 Å². The Hall–Kier alpha value is -2.05. The van der Waals surface area contributed by atoms with Crippen molar-refractivity contribution in [3.05, 3.63) is 36.0 Å². The molecule has 0 aliphatic carbocycles. The molecule has 0 unspecified atom stereocenters. The highest BCUT2D eigenvalue weighted by Crippen LogP contribution is 2.23. The van der Waals surface area contributed by atoms with Gasteiger partial charge in [0.25, 0.3) is 5.91 Å². The molecule has 146 valence electrons. The Labute approximate surface area is 161 Å². The number of piperazine rings is 1. The average Bonchev–Trinajstić information content (AvgIpc) is 3.16. The fourth-order valence-electron chi connectivity index (χ4n) is 4.17. The van der Waals surface area contributed by atoms with E-state index in [0.717, 1.165) is 76.3 Å². The van der Waals surface area contributed by atoms with Crippen LogP contribution in [0.5, 0.6) is 0 Å². The van der Waals surface area contributed by atoms with Gasteiger partial charge in [0.05, 0.1) is 12.2 Å². The summed E-state index contributed by atoms with van der Waals surface area (Å²) < 4.78 is 7.37. The molecule has 2 fully saturated rings. The van der Waals surface area contributed by atoms with Crippen molar-refractivity contribution in [2.45, 2.75) is 19.3 Å². The summed E-state index contributed by atoms with van der Waals surface area (Å²) in [5.74, 6) is 1.35. The molecule has 0 saturated carbocycles. The quantitative estimate of drug-likeness (QED) is 0.810. The lowest BCUT2D eigenvalue weighted by Gasteiger charge is -2.35. The lowest BCUT2D eigenvalue weighted by molar-refractivity contribution is 0.0724. The molecule has 0 aromatic carbocycles. The van der Waals surface area contributed by atoms with Crippen molar-refractivity contribution in [3.63, 3.8) is 0 Å². The van der Waals surface area contributed by atoms with E-state index in [1.165, 1.54) is 12.2 Å². The molecule has 4 heterocycles. The number of carbonyl (C=O) groups excluding carboxylic acids is 1. The van der Waals surface area contributed by atoms with Crippen molar-refractivity contribution < 1.29 is 9.53 Å². The molecule has 1 amide bonds. The third kappa shape index (κ3) is 3.96. The molecule has 2 saturated heterocycles. The van der Waals surface area contributed by atoms with Crippen molar-refractivity contribution in [1.82, 2.24) is 14.2 Å². The summed E-state index contributed by atoms with van der Waals surface area (Å²) in [6, 6.07) is 8.35. The number of hydrogen-bond donors (Lipinski definition) is 0. The van der Waals surface area contributed by atoms with Crippen molar-refractivity contribution in [2.24, 2.45) is 0 Å². The fourth-order valence-corrected chi connectivity index (χ4v) is 4.17. The predicted molar refractivity (Wildman–Crippen MR) is 108 cm³/mol. The number of amides is 1. The van der Waals surface area contributed by atoms with Gasteiger partial charge in [-0.15, -0.1) is 0 Å². The number of piperidine rings is 1. The topological polar surface area (TPSA) is 40.4 Å². The smallest absolute Gasteiger partial charge is 0.255 e. The standard InChI is InChI=1S/C21H30N4O2/c1-27-16-15-22-11-13-23(14-12-22)20-8-7-19-6-5-18(17-25(19)20)21(26)24-9-3-2-4-10-24/h5-8,17H,2-4,9-16H2,1H3. The van der Waals surface area contributed by atoms with Gasteiger partial charge in [-0.05, 0) is 43.5 Å². The van der Waals surface area contributed by atoms with Crippen LogP contribution in [0.25, 0.3) is 5.52 Å². The minimum atomic E-state index is 0.167. The summed E-state index contributed by atoms with van der Waals surface area (Å²) in [6.45, 7) is 7.65. The Morgan fingerprint density at radius 2 is 1.70 bits per heavy atom. The number of carbonyl (C=O) groups is 1. The van der Waals surface area contributed by atoms with Crippen LogP contribution in [-0.4, -0.2) is 79.6 Å². The van der Waals surface area contributed by atoms with Gasteiger partial charge in [0.1, 0.15) is 5.82 Å². The number of hydrogen-bond acceptors (Lipinski definition) is 4. The van der Waals surface area contributed by atoms with E-state index in [1.54, 1.807) is 7.11 Å². The molecule has 2 aromatic rings. The molecule has 2 aromatic heterocycles. The van der Waals surface area contributed by atoms with Crippen LogP contribution in [0.4, 0.5) is 5.82 Å². The first kappa shape index (κ1) is 18.3. The highest BCUT2D eigenvalue weighted by atomic mass is 16.5. The van der Waals surface area contributed by atoms with E-state index >= 15 is 0 Å². The molecular weight excluding hydrogens is 340 g/mol. The summed E-state index contributed by atoms with van der Waals surface area (Å²) >= 11 is 0. The lowest BCUT2D eigenvalue weighted by atomic mass is 10.1. The van der Waals surface area contributed by atoms with Gasteiger partial charge in [0.15, 0.2) is 0 Å². The number of methoxy groups -OCH3 is 1.